The van der Waals surface area contributed by atoms with Gasteiger partial charge in [0.05, 0.1) is 6.26 Å². The molecule has 0 aliphatic rings. The van der Waals surface area contributed by atoms with E-state index in [4.69, 9.17) is 11.6 Å². The predicted octanol–water partition coefficient (Wildman–Crippen LogP) is 3.69. The van der Waals surface area contributed by atoms with Crippen LogP contribution in [0.4, 0.5) is 5.69 Å². The Labute approximate surface area is 118 Å². The molecule has 0 aliphatic carbocycles. The SMILES string of the molecule is Cc1ccc(Cl)cc1-c1cccc(NS(C)(=O)=O)c1. The summed E-state index contributed by atoms with van der Waals surface area (Å²) >= 11 is 6.00. The van der Waals surface area contributed by atoms with Gasteiger partial charge in [0.15, 0.2) is 0 Å². The van der Waals surface area contributed by atoms with Gasteiger partial charge in [-0.2, -0.15) is 0 Å². The van der Waals surface area contributed by atoms with Gasteiger partial charge in [-0.25, -0.2) is 8.42 Å². The molecule has 2 rings (SSSR count). The number of nitrogens with one attached hydrogen (secondary N) is 1. The maximum Gasteiger partial charge on any atom is 0.229 e. The number of halogens is 1. The van der Waals surface area contributed by atoms with Gasteiger partial charge < -0.3 is 0 Å². The smallest absolute Gasteiger partial charge is 0.229 e. The monoisotopic (exact) mass is 295 g/mol. The van der Waals surface area contributed by atoms with Crippen molar-refractivity contribution in [3.63, 3.8) is 0 Å². The second kappa shape index (κ2) is 5.23. The van der Waals surface area contributed by atoms with E-state index in [0.29, 0.717) is 10.7 Å². The number of sulfonamides is 1. The second-order valence-electron chi connectivity index (χ2n) is 4.41. The first-order chi connectivity index (χ1) is 8.85. The zero-order chi connectivity index (χ0) is 14.0. The van der Waals surface area contributed by atoms with Crippen LogP contribution in [0.3, 0.4) is 0 Å². The standard InChI is InChI=1S/C14H14ClNO2S/c1-10-6-7-12(15)9-14(10)11-4-3-5-13(8-11)16-19(2,17)18/h3-9,16H,1-2H3. The Morgan fingerprint density at radius 2 is 1.84 bits per heavy atom. The van der Waals surface area contributed by atoms with Crippen molar-refractivity contribution in [2.24, 2.45) is 0 Å². The van der Waals surface area contributed by atoms with Crippen LogP contribution in [0.2, 0.25) is 5.02 Å². The number of benzene rings is 2. The first-order valence-electron chi connectivity index (χ1n) is 5.69. The molecule has 0 atom stereocenters. The summed E-state index contributed by atoms with van der Waals surface area (Å²) in [7, 11) is -3.27. The molecule has 0 aliphatic heterocycles. The van der Waals surface area contributed by atoms with E-state index >= 15 is 0 Å². The highest BCUT2D eigenvalue weighted by Crippen LogP contribution is 2.28. The average Bonchev–Trinajstić information content (AvgIpc) is 2.30. The molecule has 0 saturated carbocycles. The molecule has 0 heterocycles. The number of rotatable bonds is 3. The molecule has 0 saturated heterocycles. The van der Waals surface area contributed by atoms with Gasteiger partial charge in [0.2, 0.25) is 10.0 Å². The van der Waals surface area contributed by atoms with Crippen molar-refractivity contribution < 1.29 is 8.42 Å². The highest BCUT2D eigenvalue weighted by Gasteiger charge is 2.06. The van der Waals surface area contributed by atoms with Gasteiger partial charge in [-0.05, 0) is 47.9 Å². The van der Waals surface area contributed by atoms with Gasteiger partial charge in [-0.3, -0.25) is 4.72 Å². The Hall–Kier alpha value is -1.52. The Bertz CT molecular complexity index is 711. The molecule has 0 aromatic heterocycles. The topological polar surface area (TPSA) is 46.2 Å². The van der Waals surface area contributed by atoms with E-state index in [9.17, 15) is 8.42 Å². The predicted molar refractivity (Wildman–Crippen MR) is 80.1 cm³/mol. The van der Waals surface area contributed by atoms with Crippen molar-refractivity contribution in [1.82, 2.24) is 0 Å². The van der Waals surface area contributed by atoms with Gasteiger partial charge in [-0.15, -0.1) is 0 Å². The lowest BCUT2D eigenvalue weighted by Gasteiger charge is -2.09. The molecular weight excluding hydrogens is 282 g/mol. The third kappa shape index (κ3) is 3.72. The summed E-state index contributed by atoms with van der Waals surface area (Å²) in [4.78, 5) is 0. The fourth-order valence-electron chi connectivity index (χ4n) is 1.87. The minimum atomic E-state index is -3.27. The van der Waals surface area contributed by atoms with E-state index < -0.39 is 10.0 Å². The normalized spacial score (nSPS) is 11.3. The number of hydrogen-bond acceptors (Lipinski definition) is 2. The van der Waals surface area contributed by atoms with E-state index in [1.807, 2.05) is 37.3 Å². The molecule has 2 aromatic carbocycles. The molecule has 5 heteroatoms. The summed E-state index contributed by atoms with van der Waals surface area (Å²) in [5, 5.41) is 0.655. The zero-order valence-corrected chi connectivity index (χ0v) is 12.2. The van der Waals surface area contributed by atoms with E-state index in [1.54, 1.807) is 12.1 Å². The molecule has 1 N–H and O–H groups in total. The van der Waals surface area contributed by atoms with Crippen molar-refractivity contribution in [2.75, 3.05) is 11.0 Å². The third-order valence-corrected chi connectivity index (χ3v) is 3.52. The molecule has 0 radical (unpaired) electrons. The molecule has 0 spiro atoms. The van der Waals surface area contributed by atoms with Crippen LogP contribution < -0.4 is 4.72 Å². The lowest BCUT2D eigenvalue weighted by molar-refractivity contribution is 0.607. The molecule has 100 valence electrons. The average molecular weight is 296 g/mol. The molecule has 3 nitrogen and oxygen atoms in total. The number of aryl methyl sites for hydroxylation is 1. The summed E-state index contributed by atoms with van der Waals surface area (Å²) in [5.74, 6) is 0. The molecule has 0 unspecified atom stereocenters. The highest BCUT2D eigenvalue weighted by atomic mass is 35.5. The quantitative estimate of drug-likeness (QED) is 0.939. The minimum absolute atomic E-state index is 0.541. The van der Waals surface area contributed by atoms with Gasteiger partial charge in [0.1, 0.15) is 0 Å². The lowest BCUT2D eigenvalue weighted by atomic mass is 10.0. The molecular formula is C14H14ClNO2S. The first kappa shape index (κ1) is 13.9. The molecule has 2 aromatic rings. The summed E-state index contributed by atoms with van der Waals surface area (Å²) in [6.45, 7) is 1.99. The van der Waals surface area contributed by atoms with Crippen LogP contribution in [0.5, 0.6) is 0 Å². The molecule has 0 amide bonds. The van der Waals surface area contributed by atoms with Gasteiger partial charge in [0, 0.05) is 10.7 Å². The van der Waals surface area contributed by atoms with Crippen LogP contribution in [0, 0.1) is 6.92 Å². The summed E-state index contributed by atoms with van der Waals surface area (Å²) < 4.78 is 24.9. The van der Waals surface area contributed by atoms with Crippen LogP contribution in [0.1, 0.15) is 5.56 Å². The fourth-order valence-corrected chi connectivity index (χ4v) is 2.60. The Balaban J connectivity index is 2.46. The fraction of sp³-hybridized carbons (Fsp3) is 0.143. The van der Waals surface area contributed by atoms with Crippen molar-refractivity contribution >= 4 is 27.3 Å². The van der Waals surface area contributed by atoms with E-state index in [2.05, 4.69) is 4.72 Å². The van der Waals surface area contributed by atoms with Crippen LogP contribution in [0.25, 0.3) is 11.1 Å². The number of anilines is 1. The van der Waals surface area contributed by atoms with Crippen molar-refractivity contribution in [3.8, 4) is 11.1 Å². The maximum atomic E-state index is 11.2. The Morgan fingerprint density at radius 1 is 1.11 bits per heavy atom. The van der Waals surface area contributed by atoms with Crippen molar-refractivity contribution in [1.29, 1.82) is 0 Å². The Kier molecular flexibility index (Phi) is 3.83. The lowest BCUT2D eigenvalue weighted by Crippen LogP contribution is -2.09. The summed E-state index contributed by atoms with van der Waals surface area (Å²) in [6.07, 6.45) is 1.13. The molecule has 0 fully saturated rings. The van der Waals surface area contributed by atoms with Crippen LogP contribution >= 0.6 is 11.6 Å². The Morgan fingerprint density at radius 3 is 2.53 bits per heavy atom. The van der Waals surface area contributed by atoms with Gasteiger partial charge >= 0.3 is 0 Å². The molecule has 19 heavy (non-hydrogen) atoms. The van der Waals surface area contributed by atoms with E-state index in [0.717, 1.165) is 22.9 Å². The highest BCUT2D eigenvalue weighted by molar-refractivity contribution is 7.92. The largest absolute Gasteiger partial charge is 0.284 e. The van der Waals surface area contributed by atoms with Gasteiger partial charge in [0.25, 0.3) is 0 Å². The van der Waals surface area contributed by atoms with Crippen LogP contribution in [-0.4, -0.2) is 14.7 Å². The van der Waals surface area contributed by atoms with Crippen molar-refractivity contribution in [3.05, 3.63) is 53.1 Å². The summed E-state index contributed by atoms with van der Waals surface area (Å²) in [5.41, 5.74) is 3.54. The van der Waals surface area contributed by atoms with Crippen LogP contribution in [0.15, 0.2) is 42.5 Å². The zero-order valence-electron chi connectivity index (χ0n) is 10.6. The molecule has 0 bridgehead atoms. The van der Waals surface area contributed by atoms with Crippen molar-refractivity contribution in [2.45, 2.75) is 6.92 Å². The number of hydrogen-bond donors (Lipinski definition) is 1. The van der Waals surface area contributed by atoms with Gasteiger partial charge in [-0.1, -0.05) is 29.8 Å². The van der Waals surface area contributed by atoms with E-state index in [-0.39, 0.29) is 0 Å². The summed E-state index contributed by atoms with van der Waals surface area (Å²) in [6, 6.07) is 12.9. The van der Waals surface area contributed by atoms with E-state index in [1.165, 1.54) is 0 Å². The maximum absolute atomic E-state index is 11.2. The third-order valence-electron chi connectivity index (χ3n) is 2.68. The first-order valence-corrected chi connectivity index (χ1v) is 7.96. The minimum Gasteiger partial charge on any atom is -0.284 e. The van der Waals surface area contributed by atoms with Crippen LogP contribution in [-0.2, 0) is 10.0 Å². The second-order valence-corrected chi connectivity index (χ2v) is 6.60.